The molecule has 0 amide bonds. The van der Waals surface area contributed by atoms with Crippen molar-refractivity contribution in [1.82, 2.24) is 24.7 Å². The lowest BCUT2D eigenvalue weighted by Gasteiger charge is -2.30. The minimum atomic E-state index is -0.0171. The highest BCUT2D eigenvalue weighted by molar-refractivity contribution is 7.80. The third-order valence-corrected chi connectivity index (χ3v) is 7.96. The van der Waals surface area contributed by atoms with Gasteiger partial charge in [-0.05, 0) is 80.9 Å². The number of nitrogens with zero attached hydrogens (tertiary/aromatic N) is 4. The number of morpholine rings is 1. The van der Waals surface area contributed by atoms with E-state index in [0.717, 1.165) is 67.3 Å². The largest absolute Gasteiger partial charge is 0.379 e. The van der Waals surface area contributed by atoms with Gasteiger partial charge >= 0.3 is 0 Å². The van der Waals surface area contributed by atoms with E-state index < -0.39 is 0 Å². The molecule has 5 rings (SSSR count). The van der Waals surface area contributed by atoms with Crippen molar-refractivity contribution < 1.29 is 4.74 Å². The Bertz CT molecular complexity index is 1220. The molecule has 2 aliphatic heterocycles. The lowest BCUT2D eigenvalue weighted by molar-refractivity contribution is 0.0365. The van der Waals surface area contributed by atoms with Crippen molar-refractivity contribution in [3.63, 3.8) is 0 Å². The summed E-state index contributed by atoms with van der Waals surface area (Å²) in [6.45, 7) is 12.1. The van der Waals surface area contributed by atoms with E-state index in [1.54, 1.807) is 0 Å². The summed E-state index contributed by atoms with van der Waals surface area (Å²) in [7, 11) is 0. The van der Waals surface area contributed by atoms with Crippen LogP contribution in [-0.4, -0.2) is 63.9 Å². The molecule has 3 aromatic rings. The molecule has 2 aliphatic rings. The Morgan fingerprint density at radius 1 is 1.08 bits per heavy atom. The van der Waals surface area contributed by atoms with Crippen molar-refractivity contribution in [2.45, 2.75) is 39.3 Å². The van der Waals surface area contributed by atoms with Gasteiger partial charge in [0, 0.05) is 54.5 Å². The molecule has 8 heteroatoms. The van der Waals surface area contributed by atoms with Gasteiger partial charge in [0.15, 0.2) is 5.11 Å². The summed E-state index contributed by atoms with van der Waals surface area (Å²) < 4.78 is 7.83. The molecule has 1 N–H and O–H groups in total. The minimum Gasteiger partial charge on any atom is -0.379 e. The zero-order valence-electron chi connectivity index (χ0n) is 21.2. The Balaban J connectivity index is 1.50. The van der Waals surface area contributed by atoms with Crippen molar-refractivity contribution >= 4 is 28.9 Å². The van der Waals surface area contributed by atoms with Crippen LogP contribution in [0.3, 0.4) is 0 Å². The molecule has 0 unspecified atom stereocenters. The molecule has 190 valence electrons. The first-order chi connectivity index (χ1) is 17.4. The molecule has 36 heavy (non-hydrogen) atoms. The predicted octanol–water partition coefficient (Wildman–Crippen LogP) is 5.15. The Morgan fingerprint density at radius 2 is 1.89 bits per heavy atom. The second-order valence-corrected chi connectivity index (χ2v) is 10.5. The zero-order chi connectivity index (χ0) is 25.2. The summed E-state index contributed by atoms with van der Waals surface area (Å²) in [5, 5.41) is 5.14. The van der Waals surface area contributed by atoms with E-state index in [9.17, 15) is 0 Å². The fraction of sp³-hybridized carbons (Fsp3) is 0.429. The van der Waals surface area contributed by atoms with Crippen LogP contribution >= 0.6 is 23.8 Å². The van der Waals surface area contributed by atoms with Crippen LogP contribution in [0.2, 0.25) is 5.02 Å². The summed E-state index contributed by atoms with van der Waals surface area (Å²) >= 11 is 12.3. The molecule has 0 spiro atoms. The molecule has 1 aromatic carbocycles. The van der Waals surface area contributed by atoms with E-state index in [1.807, 2.05) is 24.4 Å². The number of nitrogens with one attached hydrogen (secondary N) is 1. The van der Waals surface area contributed by atoms with E-state index in [4.69, 9.17) is 33.5 Å². The number of thiocarbonyl (C=S) groups is 1. The molecule has 2 saturated heterocycles. The maximum atomic E-state index is 6.40. The van der Waals surface area contributed by atoms with Crippen LogP contribution in [0, 0.1) is 20.8 Å². The number of halogens is 1. The number of aromatic nitrogens is 2. The fourth-order valence-corrected chi connectivity index (χ4v) is 6.05. The highest BCUT2D eigenvalue weighted by atomic mass is 35.5. The Hall–Kier alpha value is -2.45. The number of hydrogen-bond donors (Lipinski definition) is 1. The fourth-order valence-electron chi connectivity index (χ4n) is 5.56. The molecule has 0 bridgehead atoms. The van der Waals surface area contributed by atoms with Gasteiger partial charge in [-0.1, -0.05) is 23.7 Å². The van der Waals surface area contributed by atoms with E-state index in [1.165, 1.54) is 22.5 Å². The number of ether oxygens (including phenoxy) is 1. The van der Waals surface area contributed by atoms with Gasteiger partial charge in [0.05, 0.1) is 31.0 Å². The van der Waals surface area contributed by atoms with Crippen LogP contribution in [0.4, 0.5) is 0 Å². The molecular weight excluding hydrogens is 490 g/mol. The Labute approximate surface area is 224 Å². The van der Waals surface area contributed by atoms with Crippen molar-refractivity contribution in [2.24, 2.45) is 0 Å². The first kappa shape index (κ1) is 25.2. The van der Waals surface area contributed by atoms with Crippen molar-refractivity contribution in [3.8, 4) is 5.69 Å². The normalized spacial score (nSPS) is 20.7. The monoisotopic (exact) mass is 523 g/mol. The SMILES string of the molecule is Cc1ccc(Cl)cc1-n1c(C)cc([C@@H]2[C@@H](c3ccccn3)NC(=S)N2CCCN2CCOCC2)c1C. The van der Waals surface area contributed by atoms with Crippen LogP contribution in [0.25, 0.3) is 5.69 Å². The van der Waals surface area contributed by atoms with Gasteiger partial charge in [0.1, 0.15) is 0 Å². The van der Waals surface area contributed by atoms with Gasteiger partial charge in [-0.15, -0.1) is 0 Å². The van der Waals surface area contributed by atoms with Crippen molar-refractivity contribution in [1.29, 1.82) is 0 Å². The van der Waals surface area contributed by atoms with E-state index in [0.29, 0.717) is 0 Å². The highest BCUT2D eigenvalue weighted by Crippen LogP contribution is 2.41. The Morgan fingerprint density at radius 3 is 2.64 bits per heavy atom. The van der Waals surface area contributed by atoms with Crippen LogP contribution in [0.15, 0.2) is 48.7 Å². The predicted molar refractivity (Wildman–Crippen MR) is 149 cm³/mol. The molecule has 2 aromatic heterocycles. The number of benzene rings is 1. The smallest absolute Gasteiger partial charge is 0.170 e. The Kier molecular flexibility index (Phi) is 7.62. The number of hydrogen-bond acceptors (Lipinski definition) is 4. The average Bonchev–Trinajstić information content (AvgIpc) is 3.36. The van der Waals surface area contributed by atoms with E-state index >= 15 is 0 Å². The molecule has 4 heterocycles. The van der Waals surface area contributed by atoms with Gasteiger partial charge in [0.2, 0.25) is 0 Å². The summed E-state index contributed by atoms with van der Waals surface area (Å²) in [5.74, 6) is 0. The molecule has 0 aliphatic carbocycles. The van der Waals surface area contributed by atoms with E-state index in [-0.39, 0.29) is 12.1 Å². The number of rotatable bonds is 7. The minimum absolute atomic E-state index is 0.0171. The van der Waals surface area contributed by atoms with E-state index in [2.05, 4.69) is 64.7 Å². The molecule has 6 nitrogen and oxygen atoms in total. The number of aryl methyl sites for hydroxylation is 2. The van der Waals surface area contributed by atoms with Crippen LogP contribution in [0.1, 0.15) is 46.7 Å². The van der Waals surface area contributed by atoms with Gasteiger partial charge in [0.25, 0.3) is 0 Å². The molecule has 2 fully saturated rings. The molecule has 0 radical (unpaired) electrons. The van der Waals surface area contributed by atoms with Gasteiger partial charge < -0.3 is 19.5 Å². The second kappa shape index (κ2) is 10.9. The van der Waals surface area contributed by atoms with Crippen LogP contribution in [-0.2, 0) is 4.74 Å². The lowest BCUT2D eigenvalue weighted by atomic mass is 9.96. The van der Waals surface area contributed by atoms with Gasteiger partial charge in [-0.25, -0.2) is 0 Å². The lowest BCUT2D eigenvalue weighted by Crippen LogP contribution is -2.39. The molecule has 2 atom stereocenters. The van der Waals surface area contributed by atoms with Crippen molar-refractivity contribution in [2.75, 3.05) is 39.4 Å². The molecular formula is C28H34ClN5OS. The third kappa shape index (κ3) is 5.02. The topological polar surface area (TPSA) is 45.6 Å². The second-order valence-electron chi connectivity index (χ2n) is 9.72. The standard InChI is InChI=1S/C28H34ClN5OS/c1-19-8-9-22(29)18-25(19)34-20(2)17-23(21(34)3)27-26(24-7-4-5-10-30-24)31-28(36)33(27)12-6-11-32-13-15-35-16-14-32/h4-5,7-10,17-18,26-27H,6,11-16H2,1-3H3,(H,31,36)/t26-,27-/m1/s1. The summed E-state index contributed by atoms with van der Waals surface area (Å²) in [5.41, 5.74) is 6.96. The highest BCUT2D eigenvalue weighted by Gasteiger charge is 2.41. The maximum Gasteiger partial charge on any atom is 0.170 e. The van der Waals surface area contributed by atoms with Crippen molar-refractivity contribution in [3.05, 3.63) is 81.9 Å². The first-order valence-electron chi connectivity index (χ1n) is 12.7. The van der Waals surface area contributed by atoms with Crippen LogP contribution < -0.4 is 5.32 Å². The zero-order valence-corrected chi connectivity index (χ0v) is 22.8. The summed E-state index contributed by atoms with van der Waals surface area (Å²) in [4.78, 5) is 9.56. The third-order valence-electron chi connectivity index (χ3n) is 7.38. The first-order valence-corrected chi connectivity index (χ1v) is 13.5. The summed E-state index contributed by atoms with van der Waals surface area (Å²) in [6, 6.07) is 14.5. The number of pyridine rings is 1. The van der Waals surface area contributed by atoms with Crippen LogP contribution in [0.5, 0.6) is 0 Å². The maximum absolute atomic E-state index is 6.40. The molecule has 0 saturated carbocycles. The van der Waals surface area contributed by atoms with Gasteiger partial charge in [-0.3, -0.25) is 9.88 Å². The quantitative estimate of drug-likeness (QED) is 0.432. The summed E-state index contributed by atoms with van der Waals surface area (Å²) in [6.07, 6.45) is 2.90. The van der Waals surface area contributed by atoms with Gasteiger partial charge in [-0.2, -0.15) is 0 Å². The average molecular weight is 524 g/mol.